The highest BCUT2D eigenvalue weighted by atomic mass is 32.2. The van der Waals surface area contributed by atoms with Crippen molar-refractivity contribution in [1.29, 1.82) is 0 Å². The van der Waals surface area contributed by atoms with Crippen molar-refractivity contribution in [2.75, 3.05) is 6.26 Å². The van der Waals surface area contributed by atoms with E-state index in [0.717, 1.165) is 19.3 Å². The molecule has 0 aromatic rings. The van der Waals surface area contributed by atoms with Crippen LogP contribution in [0.3, 0.4) is 0 Å². The van der Waals surface area contributed by atoms with E-state index in [1.165, 1.54) is 6.42 Å². The van der Waals surface area contributed by atoms with E-state index in [9.17, 15) is 9.59 Å². The van der Waals surface area contributed by atoms with Crippen molar-refractivity contribution in [2.24, 2.45) is 5.92 Å². The molecule has 1 aliphatic rings. The van der Waals surface area contributed by atoms with Crippen molar-refractivity contribution in [3.63, 3.8) is 0 Å². The summed E-state index contributed by atoms with van der Waals surface area (Å²) in [6.07, 6.45) is 6.46. The second-order valence-corrected chi connectivity index (χ2v) is 6.42. The Kier molecular flexibility index (Phi) is 6.48. The Labute approximate surface area is 118 Å². The molecule has 0 spiro atoms. The van der Waals surface area contributed by atoms with Gasteiger partial charge in [-0.25, -0.2) is 9.59 Å². The normalized spacial score (nSPS) is 24.8. The van der Waals surface area contributed by atoms with Gasteiger partial charge >= 0.3 is 12.0 Å². The van der Waals surface area contributed by atoms with E-state index < -0.39 is 12.0 Å². The van der Waals surface area contributed by atoms with Gasteiger partial charge in [-0.2, -0.15) is 11.8 Å². The summed E-state index contributed by atoms with van der Waals surface area (Å²) in [5, 5.41) is 15.0. The Morgan fingerprint density at radius 1 is 1.26 bits per heavy atom. The third kappa shape index (κ3) is 4.93. The lowest BCUT2D eigenvalue weighted by atomic mass is 9.95. The predicted molar refractivity (Wildman–Crippen MR) is 77.5 cm³/mol. The average Bonchev–Trinajstić information content (AvgIpc) is 2.36. The van der Waals surface area contributed by atoms with Gasteiger partial charge in [-0.05, 0) is 25.0 Å². The zero-order valence-electron chi connectivity index (χ0n) is 11.8. The zero-order chi connectivity index (χ0) is 14.4. The molecule has 0 heterocycles. The minimum Gasteiger partial charge on any atom is -0.480 e. The van der Waals surface area contributed by atoms with Crippen LogP contribution < -0.4 is 10.6 Å². The van der Waals surface area contributed by atoms with Crippen LogP contribution in [0.1, 0.15) is 39.5 Å². The van der Waals surface area contributed by atoms with Gasteiger partial charge in [-0.3, -0.25) is 0 Å². The van der Waals surface area contributed by atoms with Crippen molar-refractivity contribution in [2.45, 2.75) is 56.9 Å². The summed E-state index contributed by atoms with van der Waals surface area (Å²) in [6, 6.07) is -1.06. The van der Waals surface area contributed by atoms with Crippen molar-refractivity contribution in [1.82, 2.24) is 10.6 Å². The fourth-order valence-electron chi connectivity index (χ4n) is 2.41. The molecule has 1 fully saturated rings. The molecule has 3 unspecified atom stereocenters. The van der Waals surface area contributed by atoms with E-state index in [0.29, 0.717) is 5.25 Å². The van der Waals surface area contributed by atoms with E-state index in [1.807, 2.05) is 0 Å². The summed E-state index contributed by atoms with van der Waals surface area (Å²) in [4.78, 5) is 22.9. The van der Waals surface area contributed by atoms with E-state index in [4.69, 9.17) is 5.11 Å². The molecule has 0 aromatic carbocycles. The Morgan fingerprint density at radius 3 is 2.42 bits per heavy atom. The molecule has 1 rings (SSSR count). The maximum Gasteiger partial charge on any atom is 0.326 e. The lowest BCUT2D eigenvalue weighted by Crippen LogP contribution is -2.53. The van der Waals surface area contributed by atoms with Gasteiger partial charge in [0.05, 0.1) is 0 Å². The number of carbonyl (C=O) groups is 2. The van der Waals surface area contributed by atoms with Gasteiger partial charge in [-0.15, -0.1) is 0 Å². The van der Waals surface area contributed by atoms with Gasteiger partial charge in [0.25, 0.3) is 0 Å². The average molecular weight is 288 g/mol. The first kappa shape index (κ1) is 16.1. The molecule has 0 saturated heterocycles. The van der Waals surface area contributed by atoms with Crippen molar-refractivity contribution in [3.8, 4) is 0 Å². The molecule has 6 heteroatoms. The number of thioether (sulfide) groups is 1. The molecule has 3 N–H and O–H groups in total. The zero-order valence-corrected chi connectivity index (χ0v) is 12.6. The van der Waals surface area contributed by atoms with Crippen molar-refractivity contribution in [3.05, 3.63) is 0 Å². The lowest BCUT2D eigenvalue weighted by molar-refractivity contribution is -0.140. The summed E-state index contributed by atoms with van der Waals surface area (Å²) in [6.45, 7) is 3.56. The van der Waals surface area contributed by atoms with E-state index in [1.54, 1.807) is 25.6 Å². The second kappa shape index (κ2) is 7.62. The van der Waals surface area contributed by atoms with Crippen LogP contribution in [0, 0.1) is 5.92 Å². The smallest absolute Gasteiger partial charge is 0.326 e. The molecule has 0 radical (unpaired) electrons. The van der Waals surface area contributed by atoms with Crippen LogP contribution in [0.2, 0.25) is 0 Å². The first-order chi connectivity index (χ1) is 8.95. The Balaban J connectivity index is 2.51. The van der Waals surface area contributed by atoms with Crippen LogP contribution in [-0.4, -0.2) is 40.7 Å². The first-order valence-corrected chi connectivity index (χ1v) is 8.07. The molecule has 1 saturated carbocycles. The summed E-state index contributed by atoms with van der Waals surface area (Å²) < 4.78 is 0. The molecule has 0 aromatic heterocycles. The Morgan fingerprint density at radius 2 is 1.89 bits per heavy atom. The number of aliphatic carboxylic acids is 1. The highest BCUT2D eigenvalue weighted by Gasteiger charge is 2.28. The lowest BCUT2D eigenvalue weighted by Gasteiger charge is -2.31. The molecule has 0 aliphatic heterocycles. The van der Waals surface area contributed by atoms with Crippen LogP contribution in [0.4, 0.5) is 4.79 Å². The van der Waals surface area contributed by atoms with Crippen LogP contribution in [-0.2, 0) is 4.79 Å². The number of carboxylic acids is 1. The Bertz CT molecular complexity index is 323. The SMILES string of the molecule is CSC1CCCCC1NC(=O)NC(C(=O)O)C(C)C. The van der Waals surface area contributed by atoms with Gasteiger partial charge in [-0.1, -0.05) is 26.7 Å². The molecule has 0 bridgehead atoms. The van der Waals surface area contributed by atoms with Crippen molar-refractivity contribution < 1.29 is 14.7 Å². The summed E-state index contributed by atoms with van der Waals surface area (Å²) in [5.74, 6) is -1.12. The molecular formula is C13H24N2O3S. The molecule has 1 aliphatic carbocycles. The minimum atomic E-state index is -0.991. The van der Waals surface area contributed by atoms with Gasteiger partial charge in [0.1, 0.15) is 6.04 Å². The number of carbonyl (C=O) groups excluding carboxylic acids is 1. The number of carboxylic acid groups (broad SMARTS) is 1. The number of hydrogen-bond acceptors (Lipinski definition) is 3. The fourth-order valence-corrected chi connectivity index (χ4v) is 3.34. The number of amides is 2. The quantitative estimate of drug-likeness (QED) is 0.723. The first-order valence-electron chi connectivity index (χ1n) is 6.78. The monoisotopic (exact) mass is 288 g/mol. The van der Waals surface area contributed by atoms with Crippen molar-refractivity contribution >= 4 is 23.8 Å². The van der Waals surface area contributed by atoms with Gasteiger partial charge < -0.3 is 15.7 Å². The standard InChI is InChI=1S/C13H24N2O3S/c1-8(2)11(12(16)17)15-13(18)14-9-6-4-5-7-10(9)19-3/h8-11H,4-7H2,1-3H3,(H,16,17)(H2,14,15,18). The molecule has 5 nitrogen and oxygen atoms in total. The van der Waals surface area contributed by atoms with Gasteiger partial charge in [0, 0.05) is 11.3 Å². The van der Waals surface area contributed by atoms with E-state index in [-0.39, 0.29) is 18.0 Å². The third-order valence-corrected chi connectivity index (χ3v) is 4.71. The highest BCUT2D eigenvalue weighted by molar-refractivity contribution is 7.99. The number of hydrogen-bond donors (Lipinski definition) is 3. The maximum absolute atomic E-state index is 11.9. The molecule has 110 valence electrons. The minimum absolute atomic E-state index is 0.133. The number of nitrogens with one attached hydrogen (secondary N) is 2. The molecule has 2 amide bonds. The maximum atomic E-state index is 11.9. The molecule has 19 heavy (non-hydrogen) atoms. The van der Waals surface area contributed by atoms with E-state index in [2.05, 4.69) is 16.9 Å². The van der Waals surface area contributed by atoms with Crippen LogP contribution in [0.5, 0.6) is 0 Å². The van der Waals surface area contributed by atoms with Crippen LogP contribution >= 0.6 is 11.8 Å². The molecule has 3 atom stereocenters. The predicted octanol–water partition coefficient (Wildman–Crippen LogP) is 2.07. The molecular weight excluding hydrogens is 264 g/mol. The largest absolute Gasteiger partial charge is 0.480 e. The van der Waals surface area contributed by atoms with Crippen LogP contribution in [0.25, 0.3) is 0 Å². The van der Waals surface area contributed by atoms with E-state index >= 15 is 0 Å². The Hall–Kier alpha value is -0.910. The number of rotatable bonds is 5. The second-order valence-electron chi connectivity index (χ2n) is 5.34. The summed E-state index contributed by atoms with van der Waals surface area (Å²) in [7, 11) is 0. The summed E-state index contributed by atoms with van der Waals surface area (Å²) in [5.41, 5.74) is 0. The fraction of sp³-hybridized carbons (Fsp3) is 0.846. The van der Waals surface area contributed by atoms with Gasteiger partial charge in [0.2, 0.25) is 0 Å². The highest BCUT2D eigenvalue weighted by Crippen LogP contribution is 2.27. The number of urea groups is 1. The van der Waals surface area contributed by atoms with Gasteiger partial charge in [0.15, 0.2) is 0 Å². The van der Waals surface area contributed by atoms with Crippen LogP contribution in [0.15, 0.2) is 0 Å². The topological polar surface area (TPSA) is 78.4 Å². The summed E-state index contributed by atoms with van der Waals surface area (Å²) >= 11 is 1.77. The third-order valence-electron chi connectivity index (χ3n) is 3.54.